The second-order valence-corrected chi connectivity index (χ2v) is 4.94. The van der Waals surface area contributed by atoms with Gasteiger partial charge in [-0.2, -0.15) is 0 Å². The van der Waals surface area contributed by atoms with Crippen LogP contribution in [0.15, 0.2) is 36.4 Å². The summed E-state index contributed by atoms with van der Waals surface area (Å²) in [7, 11) is 0. The van der Waals surface area contributed by atoms with Crippen molar-refractivity contribution in [2.24, 2.45) is 0 Å². The number of nitro groups is 1. The molecule has 0 fully saturated rings. The lowest BCUT2D eigenvalue weighted by molar-refractivity contribution is -0.384. The van der Waals surface area contributed by atoms with E-state index in [1.807, 2.05) is 0 Å². The van der Waals surface area contributed by atoms with Crippen LogP contribution in [0.4, 0.5) is 20.2 Å². The molecule has 130 valence electrons. The van der Waals surface area contributed by atoms with Gasteiger partial charge in [0.05, 0.1) is 10.5 Å². The third-order valence-corrected chi connectivity index (χ3v) is 3.22. The zero-order valence-corrected chi connectivity index (χ0v) is 12.9. The van der Waals surface area contributed by atoms with E-state index < -0.39 is 34.3 Å². The molecule has 2 rings (SSSR count). The SMILES string of the molecule is C[C@H](Oc1ccc([N+](=O)[O-])cc1C=O)C(=O)Nc1c(F)cccc1F. The van der Waals surface area contributed by atoms with Gasteiger partial charge in [-0.25, -0.2) is 8.78 Å². The quantitative estimate of drug-likeness (QED) is 0.490. The molecular weight excluding hydrogens is 338 g/mol. The molecule has 2 aromatic rings. The third-order valence-electron chi connectivity index (χ3n) is 3.22. The summed E-state index contributed by atoms with van der Waals surface area (Å²) in [5.41, 5.74) is -1.08. The van der Waals surface area contributed by atoms with Gasteiger partial charge in [-0.05, 0) is 25.1 Å². The molecule has 0 aliphatic carbocycles. The van der Waals surface area contributed by atoms with E-state index in [2.05, 4.69) is 5.32 Å². The van der Waals surface area contributed by atoms with Crippen LogP contribution in [-0.2, 0) is 4.79 Å². The molecule has 2 aromatic carbocycles. The van der Waals surface area contributed by atoms with Gasteiger partial charge >= 0.3 is 0 Å². The molecule has 1 N–H and O–H groups in total. The number of aldehydes is 1. The van der Waals surface area contributed by atoms with Crippen molar-refractivity contribution in [1.29, 1.82) is 0 Å². The van der Waals surface area contributed by atoms with Crippen LogP contribution in [0.3, 0.4) is 0 Å². The van der Waals surface area contributed by atoms with Crippen molar-refractivity contribution in [2.45, 2.75) is 13.0 Å². The van der Waals surface area contributed by atoms with E-state index in [0.717, 1.165) is 36.4 Å². The van der Waals surface area contributed by atoms with Crippen LogP contribution in [0.25, 0.3) is 0 Å². The number of benzene rings is 2. The number of nitro benzene ring substituents is 1. The molecule has 0 unspecified atom stereocenters. The molecule has 0 heterocycles. The van der Waals surface area contributed by atoms with Crippen molar-refractivity contribution in [3.8, 4) is 5.75 Å². The molecule has 1 amide bonds. The molecule has 0 saturated carbocycles. The van der Waals surface area contributed by atoms with Crippen molar-refractivity contribution in [1.82, 2.24) is 0 Å². The first-order valence-electron chi connectivity index (χ1n) is 6.98. The number of halogens is 2. The van der Waals surface area contributed by atoms with Gasteiger partial charge in [0.25, 0.3) is 11.6 Å². The summed E-state index contributed by atoms with van der Waals surface area (Å²) in [6.07, 6.45) is -0.886. The van der Waals surface area contributed by atoms with Crippen molar-refractivity contribution in [3.05, 3.63) is 63.7 Å². The molecule has 0 bridgehead atoms. The Labute approximate surface area is 140 Å². The Balaban J connectivity index is 2.16. The standard InChI is InChI=1S/C16H12F2N2O5/c1-9(16(22)19-15-12(17)3-2-4-13(15)18)25-14-6-5-11(20(23)24)7-10(14)8-21/h2-9H,1H3,(H,19,22)/t9-/m0/s1. The summed E-state index contributed by atoms with van der Waals surface area (Å²) in [4.78, 5) is 33.1. The number of carbonyl (C=O) groups is 2. The average Bonchev–Trinajstić information content (AvgIpc) is 2.58. The first kappa shape index (κ1) is 18.0. The van der Waals surface area contributed by atoms with Crippen molar-refractivity contribution in [3.63, 3.8) is 0 Å². The zero-order valence-electron chi connectivity index (χ0n) is 12.9. The first-order chi connectivity index (χ1) is 11.8. The van der Waals surface area contributed by atoms with Crippen LogP contribution in [-0.4, -0.2) is 23.2 Å². The minimum Gasteiger partial charge on any atom is -0.480 e. The number of amides is 1. The molecule has 1 atom stereocenters. The second kappa shape index (κ2) is 7.47. The fraction of sp³-hybridized carbons (Fsp3) is 0.125. The van der Waals surface area contributed by atoms with Crippen LogP contribution in [0.5, 0.6) is 5.75 Å². The van der Waals surface area contributed by atoms with E-state index >= 15 is 0 Å². The summed E-state index contributed by atoms with van der Waals surface area (Å²) in [6, 6.07) is 6.35. The highest BCUT2D eigenvalue weighted by Crippen LogP contribution is 2.24. The number of ether oxygens (including phenoxy) is 1. The monoisotopic (exact) mass is 350 g/mol. The lowest BCUT2D eigenvalue weighted by Crippen LogP contribution is -2.31. The lowest BCUT2D eigenvalue weighted by Gasteiger charge is -2.16. The van der Waals surface area contributed by atoms with Crippen LogP contribution >= 0.6 is 0 Å². The van der Waals surface area contributed by atoms with Gasteiger partial charge in [0.1, 0.15) is 23.1 Å². The molecule has 7 nitrogen and oxygen atoms in total. The fourth-order valence-corrected chi connectivity index (χ4v) is 1.93. The number of carbonyl (C=O) groups excluding carboxylic acids is 2. The number of non-ortho nitro benzene ring substituents is 1. The zero-order chi connectivity index (χ0) is 18.6. The number of nitrogens with zero attached hydrogens (tertiary/aromatic N) is 1. The average molecular weight is 350 g/mol. The minimum absolute atomic E-state index is 0.0720. The van der Waals surface area contributed by atoms with Gasteiger partial charge in [0.2, 0.25) is 0 Å². The Bertz CT molecular complexity index is 821. The molecule has 25 heavy (non-hydrogen) atoms. The molecule has 9 heteroatoms. The molecule has 0 aromatic heterocycles. The summed E-state index contributed by atoms with van der Waals surface area (Å²) < 4.78 is 32.3. The van der Waals surface area contributed by atoms with Crippen LogP contribution in [0.1, 0.15) is 17.3 Å². The maximum atomic E-state index is 13.5. The van der Waals surface area contributed by atoms with Gasteiger partial charge < -0.3 is 10.1 Å². The number of nitrogens with one attached hydrogen (secondary N) is 1. The van der Waals surface area contributed by atoms with Gasteiger partial charge in [-0.1, -0.05) is 6.07 Å². The van der Waals surface area contributed by atoms with Gasteiger partial charge in [0, 0.05) is 12.1 Å². The van der Waals surface area contributed by atoms with Crippen LogP contribution in [0.2, 0.25) is 0 Å². The van der Waals surface area contributed by atoms with E-state index in [0.29, 0.717) is 6.29 Å². The molecule has 0 aliphatic rings. The largest absolute Gasteiger partial charge is 0.480 e. The van der Waals surface area contributed by atoms with E-state index in [1.165, 1.54) is 6.92 Å². The highest BCUT2D eigenvalue weighted by atomic mass is 19.1. The van der Waals surface area contributed by atoms with Crippen molar-refractivity contribution < 1.29 is 28.0 Å². The predicted octanol–water partition coefficient (Wildman–Crippen LogP) is 3.09. The lowest BCUT2D eigenvalue weighted by atomic mass is 10.2. The van der Waals surface area contributed by atoms with Gasteiger partial charge in [-0.3, -0.25) is 19.7 Å². The fourth-order valence-electron chi connectivity index (χ4n) is 1.93. The Morgan fingerprint density at radius 1 is 1.28 bits per heavy atom. The highest BCUT2D eigenvalue weighted by Gasteiger charge is 2.20. The van der Waals surface area contributed by atoms with Gasteiger partial charge in [-0.15, -0.1) is 0 Å². The second-order valence-electron chi connectivity index (χ2n) is 4.94. The van der Waals surface area contributed by atoms with E-state index in [1.54, 1.807) is 0 Å². The smallest absolute Gasteiger partial charge is 0.270 e. The topological polar surface area (TPSA) is 98.5 Å². The first-order valence-corrected chi connectivity index (χ1v) is 6.98. The summed E-state index contributed by atoms with van der Waals surface area (Å²) in [5, 5.41) is 12.7. The van der Waals surface area contributed by atoms with E-state index in [4.69, 9.17) is 4.74 Å². The van der Waals surface area contributed by atoms with E-state index in [-0.39, 0.29) is 17.0 Å². The predicted molar refractivity (Wildman–Crippen MR) is 83.6 cm³/mol. The van der Waals surface area contributed by atoms with Crippen molar-refractivity contribution >= 4 is 23.6 Å². The summed E-state index contributed by atoms with van der Waals surface area (Å²) in [5.74, 6) is -2.84. The molecule has 0 spiro atoms. The summed E-state index contributed by atoms with van der Waals surface area (Å²) >= 11 is 0. The Morgan fingerprint density at radius 2 is 1.92 bits per heavy atom. The Kier molecular flexibility index (Phi) is 5.38. The normalized spacial score (nSPS) is 11.5. The molecular formula is C16H12F2N2O5. The maximum absolute atomic E-state index is 13.5. The highest BCUT2D eigenvalue weighted by molar-refractivity contribution is 5.94. The van der Waals surface area contributed by atoms with Crippen LogP contribution in [0, 0.1) is 21.7 Å². The van der Waals surface area contributed by atoms with E-state index in [9.17, 15) is 28.5 Å². The Hall–Kier alpha value is -3.36. The molecule has 0 aliphatic heterocycles. The molecule has 0 saturated heterocycles. The number of para-hydroxylation sites is 1. The maximum Gasteiger partial charge on any atom is 0.270 e. The number of hydrogen-bond acceptors (Lipinski definition) is 5. The number of anilines is 1. The van der Waals surface area contributed by atoms with Crippen molar-refractivity contribution in [2.75, 3.05) is 5.32 Å². The Morgan fingerprint density at radius 3 is 2.48 bits per heavy atom. The third kappa shape index (κ3) is 4.14. The number of rotatable bonds is 6. The van der Waals surface area contributed by atoms with Gasteiger partial charge in [0.15, 0.2) is 12.4 Å². The van der Waals surface area contributed by atoms with Crippen LogP contribution < -0.4 is 10.1 Å². The summed E-state index contributed by atoms with van der Waals surface area (Å²) in [6.45, 7) is 1.30. The molecule has 0 radical (unpaired) electrons. The number of hydrogen-bond donors (Lipinski definition) is 1. The minimum atomic E-state index is -1.22.